The van der Waals surface area contributed by atoms with E-state index < -0.39 is 0 Å². The molecule has 0 spiro atoms. The largest absolute Gasteiger partial charge is 0.338 e. The number of hydrogen-bond donors (Lipinski definition) is 0. The Morgan fingerprint density at radius 2 is 1.95 bits per heavy atom. The Labute approximate surface area is 137 Å². The fraction of sp³-hybridized carbons (Fsp3) is 0.647. The van der Waals surface area contributed by atoms with Gasteiger partial charge in [-0.3, -0.25) is 9.78 Å². The van der Waals surface area contributed by atoms with Crippen molar-refractivity contribution in [3.8, 4) is 0 Å². The Kier molecular flexibility index (Phi) is 5.73. The zero-order chi connectivity index (χ0) is 15.2. The van der Waals surface area contributed by atoms with Gasteiger partial charge in [0.05, 0.1) is 5.75 Å². The van der Waals surface area contributed by atoms with Crippen LogP contribution in [-0.4, -0.2) is 58.7 Å². The highest BCUT2D eigenvalue weighted by molar-refractivity contribution is 7.99. The van der Waals surface area contributed by atoms with Gasteiger partial charge in [-0.25, -0.2) is 0 Å². The quantitative estimate of drug-likeness (QED) is 0.807. The van der Waals surface area contributed by atoms with Gasteiger partial charge in [0, 0.05) is 37.3 Å². The molecule has 3 heterocycles. The Hall–Kier alpha value is -1.07. The normalized spacial score (nSPS) is 22.4. The number of carbonyl (C=O) groups is 1. The summed E-state index contributed by atoms with van der Waals surface area (Å²) in [5, 5.41) is 0. The molecule has 0 saturated carbocycles. The standard InChI is InChI=1S/C17H25N3OS/c21-17(14-22-13-15-5-7-18-8-6-15)20-11-3-4-16(20)12-19-9-1-2-10-19/h5-8,16H,1-4,9-14H2. The number of likely N-dealkylation sites (tertiary alicyclic amines) is 2. The van der Waals surface area contributed by atoms with Crippen LogP contribution in [0.2, 0.25) is 0 Å². The van der Waals surface area contributed by atoms with Crippen LogP contribution >= 0.6 is 11.8 Å². The first kappa shape index (κ1) is 15.8. The van der Waals surface area contributed by atoms with E-state index in [4.69, 9.17) is 0 Å². The van der Waals surface area contributed by atoms with Crippen molar-refractivity contribution in [2.45, 2.75) is 37.5 Å². The Balaban J connectivity index is 1.44. The van der Waals surface area contributed by atoms with E-state index in [-0.39, 0.29) is 0 Å². The number of hydrogen-bond acceptors (Lipinski definition) is 4. The van der Waals surface area contributed by atoms with E-state index >= 15 is 0 Å². The SMILES string of the molecule is O=C(CSCc1ccncc1)N1CCCC1CN1CCCC1. The summed E-state index contributed by atoms with van der Waals surface area (Å²) in [6, 6.07) is 4.49. The smallest absolute Gasteiger partial charge is 0.232 e. The lowest BCUT2D eigenvalue weighted by Gasteiger charge is -2.28. The highest BCUT2D eigenvalue weighted by atomic mass is 32.2. The van der Waals surface area contributed by atoms with Gasteiger partial charge in [-0.2, -0.15) is 0 Å². The number of amides is 1. The summed E-state index contributed by atoms with van der Waals surface area (Å²) in [6.07, 6.45) is 8.61. The van der Waals surface area contributed by atoms with E-state index in [0.717, 1.165) is 18.8 Å². The van der Waals surface area contributed by atoms with Crippen molar-refractivity contribution in [3.05, 3.63) is 30.1 Å². The van der Waals surface area contributed by atoms with Gasteiger partial charge in [-0.1, -0.05) is 0 Å². The predicted octanol–water partition coefficient (Wildman–Crippen LogP) is 2.40. The minimum atomic E-state index is 0.320. The molecule has 4 nitrogen and oxygen atoms in total. The molecule has 22 heavy (non-hydrogen) atoms. The summed E-state index contributed by atoms with van der Waals surface area (Å²) in [5.41, 5.74) is 1.24. The van der Waals surface area contributed by atoms with Crippen LogP contribution in [0.3, 0.4) is 0 Å². The molecule has 1 atom stereocenters. The molecular weight excluding hydrogens is 294 g/mol. The molecule has 0 aromatic carbocycles. The topological polar surface area (TPSA) is 36.4 Å². The van der Waals surface area contributed by atoms with Crippen molar-refractivity contribution in [1.82, 2.24) is 14.8 Å². The molecule has 0 bridgehead atoms. The van der Waals surface area contributed by atoms with Crippen molar-refractivity contribution in [1.29, 1.82) is 0 Å². The average Bonchev–Trinajstić information content (AvgIpc) is 3.20. The molecule has 1 amide bonds. The monoisotopic (exact) mass is 319 g/mol. The van der Waals surface area contributed by atoms with E-state index in [1.165, 1.54) is 44.3 Å². The second-order valence-corrected chi connectivity index (χ2v) is 7.22. The summed E-state index contributed by atoms with van der Waals surface area (Å²) < 4.78 is 0. The second-order valence-electron chi connectivity index (χ2n) is 6.24. The summed E-state index contributed by atoms with van der Waals surface area (Å²) in [7, 11) is 0. The molecule has 1 aromatic rings. The number of thioether (sulfide) groups is 1. The third-order valence-electron chi connectivity index (χ3n) is 4.61. The van der Waals surface area contributed by atoms with Gasteiger partial charge in [0.1, 0.15) is 0 Å². The molecule has 3 rings (SSSR count). The second kappa shape index (κ2) is 7.97. The van der Waals surface area contributed by atoms with E-state index in [2.05, 4.69) is 14.8 Å². The lowest BCUT2D eigenvalue weighted by atomic mass is 10.2. The van der Waals surface area contributed by atoms with Gasteiger partial charge >= 0.3 is 0 Å². The molecule has 1 unspecified atom stereocenters. The van der Waals surface area contributed by atoms with Gasteiger partial charge in [-0.15, -0.1) is 11.8 Å². The van der Waals surface area contributed by atoms with Crippen LogP contribution in [0.1, 0.15) is 31.2 Å². The molecule has 2 aliphatic heterocycles. The minimum absolute atomic E-state index is 0.320. The Bertz CT molecular complexity index is 476. The molecule has 120 valence electrons. The maximum absolute atomic E-state index is 12.5. The van der Waals surface area contributed by atoms with Crippen molar-refractivity contribution in [3.63, 3.8) is 0 Å². The van der Waals surface area contributed by atoms with Crippen LogP contribution in [0, 0.1) is 0 Å². The highest BCUT2D eigenvalue weighted by Crippen LogP contribution is 2.22. The molecule has 2 fully saturated rings. The van der Waals surface area contributed by atoms with Crippen molar-refractivity contribution in [2.75, 3.05) is 31.9 Å². The van der Waals surface area contributed by atoms with Crippen LogP contribution < -0.4 is 0 Å². The van der Waals surface area contributed by atoms with Crippen LogP contribution in [0.5, 0.6) is 0 Å². The minimum Gasteiger partial charge on any atom is -0.338 e. The number of carbonyl (C=O) groups excluding carboxylic acids is 1. The third-order valence-corrected chi connectivity index (χ3v) is 5.60. The molecular formula is C17H25N3OS. The Morgan fingerprint density at radius 3 is 2.73 bits per heavy atom. The first-order valence-electron chi connectivity index (χ1n) is 8.31. The van der Waals surface area contributed by atoms with E-state index in [1.54, 1.807) is 11.8 Å². The van der Waals surface area contributed by atoms with E-state index in [9.17, 15) is 4.79 Å². The molecule has 1 aromatic heterocycles. The third kappa shape index (κ3) is 4.23. The van der Waals surface area contributed by atoms with Crippen LogP contribution in [0.25, 0.3) is 0 Å². The highest BCUT2D eigenvalue weighted by Gasteiger charge is 2.30. The zero-order valence-electron chi connectivity index (χ0n) is 13.1. The first-order chi connectivity index (χ1) is 10.8. The van der Waals surface area contributed by atoms with Crippen LogP contribution in [0.15, 0.2) is 24.5 Å². The summed E-state index contributed by atoms with van der Waals surface area (Å²) in [5.74, 6) is 1.80. The first-order valence-corrected chi connectivity index (χ1v) is 9.47. The predicted molar refractivity (Wildman–Crippen MR) is 90.8 cm³/mol. The van der Waals surface area contributed by atoms with Crippen LogP contribution in [-0.2, 0) is 10.5 Å². The van der Waals surface area contributed by atoms with Crippen molar-refractivity contribution < 1.29 is 4.79 Å². The number of pyridine rings is 1. The zero-order valence-corrected chi connectivity index (χ0v) is 13.9. The van der Waals surface area contributed by atoms with Gasteiger partial charge in [0.25, 0.3) is 0 Å². The Morgan fingerprint density at radius 1 is 1.18 bits per heavy atom. The number of nitrogens with zero attached hydrogens (tertiary/aromatic N) is 3. The maximum Gasteiger partial charge on any atom is 0.232 e. The number of rotatable bonds is 6. The fourth-order valence-corrected chi connectivity index (χ4v) is 4.31. The van der Waals surface area contributed by atoms with Gasteiger partial charge < -0.3 is 9.80 Å². The molecule has 0 radical (unpaired) electrons. The lowest BCUT2D eigenvalue weighted by molar-refractivity contribution is -0.129. The summed E-state index contributed by atoms with van der Waals surface area (Å²) >= 11 is 1.71. The fourth-order valence-electron chi connectivity index (χ4n) is 3.44. The summed E-state index contributed by atoms with van der Waals surface area (Å²) in [6.45, 7) is 4.47. The van der Waals surface area contributed by atoms with E-state index in [1.807, 2.05) is 24.5 Å². The average molecular weight is 319 g/mol. The van der Waals surface area contributed by atoms with Crippen molar-refractivity contribution in [2.24, 2.45) is 0 Å². The summed E-state index contributed by atoms with van der Waals surface area (Å²) in [4.78, 5) is 21.2. The molecule has 2 saturated heterocycles. The molecule has 0 N–H and O–H groups in total. The lowest BCUT2D eigenvalue weighted by Crippen LogP contribution is -2.43. The maximum atomic E-state index is 12.5. The molecule has 2 aliphatic rings. The van der Waals surface area contributed by atoms with E-state index in [0.29, 0.717) is 17.7 Å². The number of aromatic nitrogens is 1. The van der Waals surface area contributed by atoms with Gasteiger partial charge in [0.15, 0.2) is 0 Å². The van der Waals surface area contributed by atoms with Crippen LogP contribution in [0.4, 0.5) is 0 Å². The van der Waals surface area contributed by atoms with Crippen molar-refractivity contribution >= 4 is 17.7 Å². The van der Waals surface area contributed by atoms with Gasteiger partial charge in [0.2, 0.25) is 5.91 Å². The molecule has 5 heteroatoms. The molecule has 0 aliphatic carbocycles. The van der Waals surface area contributed by atoms with Gasteiger partial charge in [-0.05, 0) is 56.5 Å².